The number of anilines is 1. The van der Waals surface area contributed by atoms with Gasteiger partial charge in [-0.1, -0.05) is 6.92 Å². The van der Waals surface area contributed by atoms with Crippen LogP contribution in [0.3, 0.4) is 0 Å². The molecule has 1 aromatic carbocycles. The molecule has 0 bridgehead atoms. The lowest BCUT2D eigenvalue weighted by molar-refractivity contribution is 0.0165. The Balaban J connectivity index is 2.47. The van der Waals surface area contributed by atoms with Crippen molar-refractivity contribution in [2.75, 3.05) is 44.8 Å². The van der Waals surface area contributed by atoms with Gasteiger partial charge < -0.3 is 24.6 Å². The lowest BCUT2D eigenvalue weighted by atomic mass is 10.0. The average molecular weight is 485 g/mol. The van der Waals surface area contributed by atoms with E-state index < -0.39 is 10.0 Å². The van der Waals surface area contributed by atoms with Crippen LogP contribution in [0, 0.1) is 5.92 Å². The highest BCUT2D eigenvalue weighted by Crippen LogP contribution is 2.26. The molecule has 0 radical (unpaired) electrons. The van der Waals surface area contributed by atoms with Crippen molar-refractivity contribution in [1.82, 2.24) is 15.1 Å². The van der Waals surface area contributed by atoms with Crippen LogP contribution in [0.4, 0.5) is 10.5 Å². The van der Waals surface area contributed by atoms with Gasteiger partial charge in [-0.15, -0.1) is 0 Å². The molecule has 1 heterocycles. The Morgan fingerprint density at radius 1 is 1.24 bits per heavy atom. The van der Waals surface area contributed by atoms with Gasteiger partial charge in [0, 0.05) is 44.9 Å². The van der Waals surface area contributed by atoms with E-state index in [2.05, 4.69) is 10.0 Å². The summed E-state index contributed by atoms with van der Waals surface area (Å²) in [5.41, 5.74) is 0.482. The van der Waals surface area contributed by atoms with Crippen LogP contribution in [0.15, 0.2) is 18.2 Å². The summed E-state index contributed by atoms with van der Waals surface area (Å²) >= 11 is 0. The molecule has 186 valence electrons. The minimum atomic E-state index is -3.52. The van der Waals surface area contributed by atoms with Gasteiger partial charge in [-0.05, 0) is 39.0 Å². The molecule has 2 rings (SSSR count). The third-order valence-corrected chi connectivity index (χ3v) is 6.03. The maximum Gasteiger partial charge on any atom is 0.317 e. The zero-order valence-corrected chi connectivity index (χ0v) is 21.2. The summed E-state index contributed by atoms with van der Waals surface area (Å²) in [5, 5.41) is 2.93. The van der Waals surface area contributed by atoms with Crippen molar-refractivity contribution in [2.45, 2.75) is 45.9 Å². The minimum absolute atomic E-state index is 0.0224. The van der Waals surface area contributed by atoms with E-state index in [0.29, 0.717) is 12.3 Å². The van der Waals surface area contributed by atoms with Crippen molar-refractivity contribution in [3.05, 3.63) is 23.8 Å². The van der Waals surface area contributed by atoms with Gasteiger partial charge >= 0.3 is 6.03 Å². The van der Waals surface area contributed by atoms with E-state index in [1.165, 1.54) is 17.0 Å². The first kappa shape index (κ1) is 26.7. The average Bonchev–Trinajstić information content (AvgIpc) is 2.71. The molecular weight excluding hydrogens is 448 g/mol. The lowest BCUT2D eigenvalue weighted by Gasteiger charge is -2.36. The number of carbonyl (C=O) groups excluding carboxylic acids is 2. The van der Waals surface area contributed by atoms with E-state index in [1.54, 1.807) is 25.1 Å². The summed E-state index contributed by atoms with van der Waals surface area (Å²) in [6, 6.07) is 4.04. The number of sulfonamides is 1. The van der Waals surface area contributed by atoms with Gasteiger partial charge in [0.2, 0.25) is 10.0 Å². The van der Waals surface area contributed by atoms with Crippen molar-refractivity contribution in [1.29, 1.82) is 0 Å². The van der Waals surface area contributed by atoms with Crippen molar-refractivity contribution in [3.63, 3.8) is 0 Å². The second-order valence-electron chi connectivity index (χ2n) is 8.94. The normalized spacial score (nSPS) is 22.7. The smallest absolute Gasteiger partial charge is 0.317 e. The Morgan fingerprint density at radius 2 is 1.91 bits per heavy atom. The largest absolute Gasteiger partial charge is 0.491 e. The molecule has 0 fully saturated rings. The van der Waals surface area contributed by atoms with Crippen molar-refractivity contribution in [2.24, 2.45) is 5.92 Å². The van der Waals surface area contributed by atoms with E-state index in [9.17, 15) is 18.0 Å². The summed E-state index contributed by atoms with van der Waals surface area (Å²) < 4.78 is 37.4. The van der Waals surface area contributed by atoms with Gasteiger partial charge in [0.25, 0.3) is 5.91 Å². The Bertz CT molecular complexity index is 952. The fourth-order valence-electron chi connectivity index (χ4n) is 3.67. The summed E-state index contributed by atoms with van der Waals surface area (Å²) in [7, 11) is -0.283. The number of carbonyl (C=O) groups is 2. The zero-order valence-electron chi connectivity index (χ0n) is 20.4. The fraction of sp³-hybridized carbons (Fsp3) is 0.636. The zero-order chi connectivity index (χ0) is 24.9. The van der Waals surface area contributed by atoms with E-state index in [0.717, 1.165) is 6.26 Å². The van der Waals surface area contributed by atoms with Crippen molar-refractivity contribution < 1.29 is 27.5 Å². The number of hydrogen-bond acceptors (Lipinski definition) is 6. The molecule has 0 saturated carbocycles. The maximum absolute atomic E-state index is 13.3. The molecule has 33 heavy (non-hydrogen) atoms. The molecule has 2 N–H and O–H groups in total. The number of nitrogens with zero attached hydrogens (tertiary/aromatic N) is 2. The van der Waals surface area contributed by atoms with Crippen LogP contribution < -0.4 is 14.8 Å². The first-order valence-electron chi connectivity index (χ1n) is 10.9. The van der Waals surface area contributed by atoms with Crippen LogP contribution in [-0.2, 0) is 14.8 Å². The first-order chi connectivity index (χ1) is 15.3. The lowest BCUT2D eigenvalue weighted by Crippen LogP contribution is -2.52. The molecular formula is C22H36N4O6S. The number of hydrogen-bond donors (Lipinski definition) is 2. The van der Waals surface area contributed by atoms with E-state index >= 15 is 0 Å². The summed E-state index contributed by atoms with van der Waals surface area (Å²) in [4.78, 5) is 29.4. The Hall–Kier alpha value is -2.53. The van der Waals surface area contributed by atoms with Crippen LogP contribution in [0.25, 0.3) is 0 Å². The van der Waals surface area contributed by atoms with Gasteiger partial charge in [-0.25, -0.2) is 13.2 Å². The van der Waals surface area contributed by atoms with Gasteiger partial charge in [-0.2, -0.15) is 0 Å². The van der Waals surface area contributed by atoms with Gasteiger partial charge in [0.15, 0.2) is 0 Å². The van der Waals surface area contributed by atoms with E-state index in [4.69, 9.17) is 9.47 Å². The molecule has 3 amide bonds. The van der Waals surface area contributed by atoms with Crippen LogP contribution in [0.2, 0.25) is 0 Å². The molecule has 11 heteroatoms. The van der Waals surface area contributed by atoms with Crippen LogP contribution >= 0.6 is 0 Å². The summed E-state index contributed by atoms with van der Waals surface area (Å²) in [5.74, 6) is -0.0775. The standard InChI is InChI=1S/C22H36N4O6S/c1-14(2)23-22(28)26-11-15(3)20(31-6)12-25(5)21(27)18-10-17(24-33(7,29)30)8-9-19(18)32-13-16(26)4/h8-10,14-16,20,24H,11-13H2,1-7H3,(H,23,28)/t15-,16-,20-/m0/s1. The predicted octanol–water partition coefficient (Wildman–Crippen LogP) is 1.98. The highest BCUT2D eigenvalue weighted by atomic mass is 32.2. The van der Waals surface area contributed by atoms with E-state index in [-0.39, 0.29) is 60.4 Å². The molecule has 1 aromatic rings. The number of ether oxygens (including phenoxy) is 2. The molecule has 0 aliphatic carbocycles. The molecule has 0 spiro atoms. The molecule has 0 aromatic heterocycles. The molecule has 0 unspecified atom stereocenters. The van der Waals surface area contributed by atoms with Gasteiger partial charge in [0.05, 0.1) is 24.0 Å². The van der Waals surface area contributed by atoms with Crippen LogP contribution in [-0.4, -0.2) is 88.5 Å². The third-order valence-electron chi connectivity index (χ3n) is 5.42. The predicted molar refractivity (Wildman–Crippen MR) is 127 cm³/mol. The van der Waals surface area contributed by atoms with Gasteiger partial charge in [-0.3, -0.25) is 9.52 Å². The number of methoxy groups -OCH3 is 1. The first-order valence-corrected chi connectivity index (χ1v) is 12.8. The number of fused-ring (bicyclic) bond motifs is 1. The number of urea groups is 1. The number of nitrogens with one attached hydrogen (secondary N) is 2. The molecule has 1 aliphatic heterocycles. The summed E-state index contributed by atoms with van der Waals surface area (Å²) in [6.07, 6.45) is 0.724. The topological polar surface area (TPSA) is 117 Å². The highest BCUT2D eigenvalue weighted by Gasteiger charge is 2.30. The quantitative estimate of drug-likeness (QED) is 0.675. The molecule has 3 atom stereocenters. The highest BCUT2D eigenvalue weighted by molar-refractivity contribution is 7.92. The summed E-state index contributed by atoms with van der Waals surface area (Å²) in [6.45, 7) is 8.52. The second-order valence-corrected chi connectivity index (χ2v) is 10.7. The molecule has 10 nitrogen and oxygen atoms in total. The number of amides is 3. The Labute approximate surface area is 196 Å². The Morgan fingerprint density at radius 3 is 2.48 bits per heavy atom. The molecule has 0 saturated heterocycles. The SMILES string of the molecule is CO[C@H]1CN(C)C(=O)c2cc(NS(C)(=O)=O)ccc2OC[C@H](C)N(C(=O)NC(C)C)C[C@@H]1C. The van der Waals surface area contributed by atoms with Crippen molar-refractivity contribution >= 4 is 27.6 Å². The maximum atomic E-state index is 13.3. The van der Waals surface area contributed by atoms with Crippen LogP contribution in [0.1, 0.15) is 38.1 Å². The molecule has 1 aliphatic rings. The second kappa shape index (κ2) is 11.1. The van der Waals surface area contributed by atoms with Crippen LogP contribution in [0.5, 0.6) is 5.75 Å². The third kappa shape index (κ3) is 7.50. The monoisotopic (exact) mass is 484 g/mol. The Kier molecular flexibility index (Phi) is 8.96. The number of rotatable bonds is 4. The fourth-order valence-corrected chi connectivity index (χ4v) is 4.22. The van der Waals surface area contributed by atoms with E-state index in [1.807, 2.05) is 27.7 Å². The number of likely N-dealkylation sites (N-methyl/N-ethyl adjacent to an activating group) is 1. The minimum Gasteiger partial charge on any atom is -0.491 e. The number of benzene rings is 1. The van der Waals surface area contributed by atoms with Gasteiger partial charge in [0.1, 0.15) is 12.4 Å². The van der Waals surface area contributed by atoms with Crippen molar-refractivity contribution in [3.8, 4) is 5.75 Å².